The number of nitrogens with zero attached hydrogens (tertiary/aromatic N) is 14. The van der Waals surface area contributed by atoms with Crippen molar-refractivity contribution in [2.75, 3.05) is 77.9 Å². The first kappa shape index (κ1) is 102. The predicted octanol–water partition coefficient (Wildman–Crippen LogP) is 7.71. The number of hydrogen-bond acceptors (Lipinski definition) is 28. The van der Waals surface area contributed by atoms with Crippen LogP contribution in [0, 0.1) is 37.0 Å². The average molecular weight is 2160 g/mol. The number of fused-ring (bicyclic) bond motifs is 6. The number of ketones is 3. The van der Waals surface area contributed by atoms with E-state index in [2.05, 4.69) is 138 Å². The van der Waals surface area contributed by atoms with Gasteiger partial charge in [-0.25, -0.2) is 54.4 Å². The van der Waals surface area contributed by atoms with E-state index in [4.69, 9.17) is 5.11 Å². The SMILES string of the molecule is CC(=O)c1nn(CC(=O)N2[C@H](C(=O)Nc3nc(Br)ccc3C)C[C@@]3(CN(C)C)C[C@@H]23)c2cc(C(=O)NS(=O)(=O)C3CC3)ccc12.CC(=O)c1nn(CC(=O)N2[C@H]3C[C@@]3(CN(C)C)C[C@H]2C(=O)Nc2nc(Br)ccc2C)c2cc(C(=O)NS(=O)(=O)C3CC3)ccc12.CC(=O)c1nn(CC(=O)O)c2cc(C(=O)NS(=O)(=O)C3CC3)ccc12.Cc1ccc(Br)nc1NC(=O)[C@@H]1CC2(CN(C)C)CC2N1.Cl. The van der Waals surface area contributed by atoms with Crippen molar-refractivity contribution in [3.63, 3.8) is 0 Å². The number of anilines is 3. The van der Waals surface area contributed by atoms with Crippen LogP contribution >= 0.6 is 60.2 Å². The second kappa shape index (κ2) is 39.5. The average Bonchev–Trinajstić information content (AvgIpc) is 1.60. The summed E-state index contributed by atoms with van der Waals surface area (Å²) in [7, 11) is 0.763. The molecule has 9 aliphatic rings. The van der Waals surface area contributed by atoms with Gasteiger partial charge in [-0.2, -0.15) is 15.3 Å². The summed E-state index contributed by atoms with van der Waals surface area (Å²) >= 11 is 10.0. The molecular formula is C90H105Br3ClN21O19S3. The van der Waals surface area contributed by atoms with Crippen molar-refractivity contribution >= 4 is 211 Å². The van der Waals surface area contributed by atoms with Crippen molar-refractivity contribution in [2.24, 2.45) is 16.2 Å². The molecule has 9 aromatic rings. The van der Waals surface area contributed by atoms with Gasteiger partial charge in [0.2, 0.25) is 59.6 Å². The van der Waals surface area contributed by atoms with Crippen LogP contribution in [0.5, 0.6) is 0 Å². The summed E-state index contributed by atoms with van der Waals surface area (Å²) in [4.78, 5) is 176. The summed E-state index contributed by atoms with van der Waals surface area (Å²) in [5.41, 5.74) is 3.78. The van der Waals surface area contributed by atoms with Gasteiger partial charge in [-0.3, -0.25) is 71.6 Å². The van der Waals surface area contributed by atoms with Gasteiger partial charge in [-0.05, 0) is 277 Å². The van der Waals surface area contributed by atoms with Gasteiger partial charge in [-0.1, -0.05) is 18.2 Å². The maximum absolute atomic E-state index is 14.1. The highest BCUT2D eigenvalue weighted by Gasteiger charge is 2.69. The zero-order chi connectivity index (χ0) is 98.4. The molecular weight excluding hydrogens is 2050 g/mol. The van der Waals surface area contributed by atoms with Crippen LogP contribution in [0.1, 0.15) is 177 Å². The number of aromatic nitrogens is 9. The minimum atomic E-state index is -3.78. The molecule has 40 nitrogen and oxygen atoms in total. The largest absolute Gasteiger partial charge is 0.480 e. The highest BCUT2D eigenvalue weighted by Crippen LogP contribution is 2.62. The molecule has 3 saturated heterocycles. The molecule has 9 fully saturated rings. The molecule has 18 rings (SSSR count). The Kier molecular flexibility index (Phi) is 29.4. The maximum atomic E-state index is 14.1. The van der Waals surface area contributed by atoms with Crippen LogP contribution in [-0.2, 0) is 78.5 Å². The maximum Gasteiger partial charge on any atom is 0.325 e. The quantitative estimate of drug-likeness (QED) is 0.0158. The van der Waals surface area contributed by atoms with Gasteiger partial charge in [0.15, 0.2) is 17.3 Å². The van der Waals surface area contributed by atoms with E-state index in [0.29, 0.717) is 130 Å². The number of halogens is 4. The van der Waals surface area contributed by atoms with Crippen LogP contribution in [0.25, 0.3) is 32.7 Å². The van der Waals surface area contributed by atoms with Gasteiger partial charge in [0.25, 0.3) is 17.7 Å². The minimum Gasteiger partial charge on any atom is -0.480 e. The summed E-state index contributed by atoms with van der Waals surface area (Å²) in [5, 5.41) is 33.6. The number of sulfonamides is 3. The first-order valence-electron chi connectivity index (χ1n) is 44.1. The number of Topliss-reactive ketones (excluding diaryl/α,β-unsaturated/α-hetero) is 3. The molecule has 730 valence electrons. The number of amides is 8. The van der Waals surface area contributed by atoms with Crippen molar-refractivity contribution < 1.29 is 87.9 Å². The third-order valence-electron chi connectivity index (χ3n) is 25.8. The number of rotatable bonds is 30. The Morgan fingerprint density at radius 2 is 0.730 bits per heavy atom. The second-order valence-corrected chi connectivity index (χ2v) is 46.0. The molecule has 8 N–H and O–H groups in total. The molecule has 0 bridgehead atoms. The van der Waals surface area contributed by atoms with Crippen molar-refractivity contribution in [1.29, 1.82) is 0 Å². The lowest BCUT2D eigenvalue weighted by Crippen LogP contribution is -2.47. The number of aryl methyl sites for hydroxylation is 3. The molecule has 3 aliphatic heterocycles. The standard InChI is InChI=1S/2C30H34BrN7O6S.C15H21BrN4O.C15H15N3O6S.ClH/c2*1-16-5-10-24(31)32-27(16)33-29(42)22-12-30(15-36(3)4)13-23(30)38(22)25(40)14-37-21-11-18(6-9-20(21)26(34-37)17(2)39)28(41)35-45(43,44)19-7-8-19;1-9-4-5-12(16)18-13(9)19-14(21)10-6-15(8-20(2)3)7-11(15)17-10;1-8(19)14-11-5-2-9(6-12(11)18(16-14)7-13(20)21)15(22)17-25(23,24)10-3-4-10;/h2*5-6,9-11,19,22-23H,7-8,12-15H2,1-4H3,(H,35,41)(H,32,33,42);4-5,10-11,17H,6-8H2,1-3H3,(H,18,19,21);2,5-6,10H,3-4,7H2,1H3,(H,17,22)(H,20,21);1H/t22-,23+,30-;22-,23-,30+;10-,11?,15?;;/m000../s1. The number of pyridine rings is 3. The number of likely N-dealkylation sites (tertiary alicyclic amines) is 2. The molecule has 47 heteroatoms. The number of carboxylic acids is 1. The topological polar surface area (TPSA) is 520 Å². The highest BCUT2D eigenvalue weighted by atomic mass is 79.9. The molecule has 6 aromatic heterocycles. The number of carbonyl (C=O) groups is 12. The van der Waals surface area contributed by atoms with Crippen LogP contribution in [0.3, 0.4) is 0 Å². The summed E-state index contributed by atoms with van der Waals surface area (Å²) in [5.74, 6) is -4.50. The van der Waals surface area contributed by atoms with E-state index in [1.54, 1.807) is 21.9 Å². The van der Waals surface area contributed by atoms with Gasteiger partial charge in [0.1, 0.15) is 80.1 Å². The molecule has 9 atom stereocenters. The normalized spacial score (nSPS) is 22.0. The van der Waals surface area contributed by atoms with Crippen molar-refractivity contribution in [2.45, 2.75) is 190 Å². The summed E-state index contributed by atoms with van der Waals surface area (Å²) in [6.07, 6.45) is 7.64. The molecule has 9 heterocycles. The molecule has 0 spiro atoms. The number of nitrogens with one attached hydrogen (secondary N) is 7. The Balaban J connectivity index is 0.000000153. The Bertz CT molecular complexity index is 6600. The summed E-state index contributed by atoms with van der Waals surface area (Å²) in [6.45, 7) is 11.0. The smallest absolute Gasteiger partial charge is 0.325 e. The van der Waals surface area contributed by atoms with E-state index in [9.17, 15) is 82.8 Å². The highest BCUT2D eigenvalue weighted by molar-refractivity contribution is 9.11. The molecule has 8 amide bonds. The summed E-state index contributed by atoms with van der Waals surface area (Å²) in [6, 6.07) is 22.6. The van der Waals surface area contributed by atoms with E-state index in [0.717, 1.165) is 51.8 Å². The van der Waals surface area contributed by atoms with Crippen LogP contribution in [0.15, 0.2) is 105 Å². The number of hydrogen-bond donors (Lipinski definition) is 8. The third kappa shape index (κ3) is 22.6. The first-order valence-corrected chi connectivity index (χ1v) is 51.1. The van der Waals surface area contributed by atoms with E-state index in [1.807, 2.05) is 77.9 Å². The first-order chi connectivity index (χ1) is 64.0. The fourth-order valence-electron chi connectivity index (χ4n) is 18.8. The van der Waals surface area contributed by atoms with Crippen LogP contribution in [0.4, 0.5) is 17.5 Å². The lowest BCUT2D eigenvalue weighted by molar-refractivity contribution is -0.138. The van der Waals surface area contributed by atoms with Gasteiger partial charge in [0, 0.05) is 108 Å². The van der Waals surface area contributed by atoms with E-state index in [-0.39, 0.29) is 141 Å². The third-order valence-corrected chi connectivity index (χ3v) is 32.6. The predicted molar refractivity (Wildman–Crippen MR) is 518 cm³/mol. The van der Waals surface area contributed by atoms with Crippen LogP contribution in [0.2, 0.25) is 0 Å². The number of piperidine rings is 3. The number of carboxylic acid groups (broad SMARTS) is 1. The van der Waals surface area contributed by atoms with Gasteiger partial charge in [-0.15, -0.1) is 12.4 Å². The molecule has 2 unspecified atom stereocenters. The van der Waals surface area contributed by atoms with Gasteiger partial charge < -0.3 is 50.9 Å². The lowest BCUT2D eigenvalue weighted by Gasteiger charge is -2.27. The van der Waals surface area contributed by atoms with Gasteiger partial charge >= 0.3 is 5.97 Å². The Labute approximate surface area is 820 Å². The zero-order valence-electron chi connectivity index (χ0n) is 76.9. The van der Waals surface area contributed by atoms with Crippen molar-refractivity contribution in [1.82, 2.24) is 88.3 Å². The fourth-order valence-corrected chi connectivity index (χ4v) is 23.6. The molecule has 6 saturated carbocycles. The molecule has 137 heavy (non-hydrogen) atoms. The zero-order valence-corrected chi connectivity index (χ0v) is 84.9. The van der Waals surface area contributed by atoms with Crippen LogP contribution < -0.4 is 35.4 Å². The van der Waals surface area contributed by atoms with Crippen LogP contribution in [-0.4, -0.2) is 284 Å². The number of carbonyl (C=O) groups excluding carboxylic acids is 11. The molecule has 0 radical (unpaired) electrons. The molecule has 6 aliphatic carbocycles. The number of benzene rings is 3. The monoisotopic (exact) mass is 2150 g/mol. The minimum absolute atomic E-state index is 0. The van der Waals surface area contributed by atoms with E-state index >= 15 is 0 Å². The summed E-state index contributed by atoms with van der Waals surface area (Å²) < 4.78 is 85.1. The van der Waals surface area contributed by atoms with E-state index < -0.39 is 88.1 Å². The van der Waals surface area contributed by atoms with Gasteiger partial charge in [0.05, 0.1) is 38.3 Å². The van der Waals surface area contributed by atoms with Crippen molar-refractivity contribution in [3.05, 3.63) is 155 Å². The number of aliphatic carboxylic acids is 1. The van der Waals surface area contributed by atoms with E-state index in [1.165, 1.54) is 91.2 Å². The Morgan fingerprint density at radius 1 is 0.423 bits per heavy atom. The Hall–Kier alpha value is -10.8. The lowest BCUT2D eigenvalue weighted by atomic mass is 9.98. The Morgan fingerprint density at radius 3 is 1.03 bits per heavy atom. The second-order valence-electron chi connectivity index (χ2n) is 37.6. The van der Waals surface area contributed by atoms with Crippen molar-refractivity contribution in [3.8, 4) is 0 Å². The molecule has 3 aromatic carbocycles. The fraction of sp³-hybridized carbons (Fsp3) is 0.467.